The summed E-state index contributed by atoms with van der Waals surface area (Å²) in [6.07, 6.45) is 4.84. The highest BCUT2D eigenvalue weighted by atomic mass is 16.5. The average molecular weight is 457 g/mol. The standard InChI is InChI=1S/C26H28N6O2/c1-3-34-21-7-8-23-22(13-21)26(29-20-14-27-28-15-20)31-25(30-23)18-6-4-5-17(11-18)12-24(33)19-9-10-32(2)16-19/h4-8,11,13-15,19H,3,9-10,12,16H2,1-2H3,(H,27,28)(H,29,30,31). The number of aromatic amines is 1. The van der Waals surface area contributed by atoms with Gasteiger partial charge in [-0.05, 0) is 56.8 Å². The molecule has 1 atom stereocenters. The van der Waals surface area contributed by atoms with Crippen LogP contribution in [0.4, 0.5) is 11.5 Å². The number of likely N-dealkylation sites (tertiary alicyclic amines) is 1. The number of nitrogens with zero attached hydrogens (tertiary/aromatic N) is 4. The van der Waals surface area contributed by atoms with E-state index in [-0.39, 0.29) is 5.92 Å². The second-order valence-corrected chi connectivity index (χ2v) is 8.71. The first-order chi connectivity index (χ1) is 16.6. The van der Waals surface area contributed by atoms with Crippen molar-refractivity contribution in [2.24, 2.45) is 5.92 Å². The van der Waals surface area contributed by atoms with E-state index in [9.17, 15) is 4.79 Å². The lowest BCUT2D eigenvalue weighted by atomic mass is 9.96. The van der Waals surface area contributed by atoms with Gasteiger partial charge in [0.2, 0.25) is 0 Å². The SMILES string of the molecule is CCOc1ccc2nc(-c3cccc(CC(=O)C4CCN(C)C4)c3)nc(Nc3cn[nH]c3)c2c1. The number of hydrogen-bond donors (Lipinski definition) is 2. The van der Waals surface area contributed by atoms with Crippen LogP contribution in [0.5, 0.6) is 5.75 Å². The molecule has 2 aromatic heterocycles. The molecule has 2 N–H and O–H groups in total. The molecule has 1 unspecified atom stereocenters. The third-order valence-electron chi connectivity index (χ3n) is 6.15. The van der Waals surface area contributed by atoms with Gasteiger partial charge in [-0.25, -0.2) is 9.97 Å². The average Bonchev–Trinajstić information content (AvgIpc) is 3.51. The Kier molecular flexibility index (Phi) is 6.22. The highest BCUT2D eigenvalue weighted by Gasteiger charge is 2.26. The van der Waals surface area contributed by atoms with Crippen LogP contribution in [0.3, 0.4) is 0 Å². The molecule has 1 aliphatic rings. The van der Waals surface area contributed by atoms with Gasteiger partial charge in [-0.2, -0.15) is 5.10 Å². The quantitative estimate of drug-likeness (QED) is 0.410. The molecule has 0 bridgehead atoms. The third kappa shape index (κ3) is 4.77. The maximum Gasteiger partial charge on any atom is 0.162 e. The lowest BCUT2D eigenvalue weighted by molar-refractivity contribution is -0.121. The zero-order valence-electron chi connectivity index (χ0n) is 19.4. The van der Waals surface area contributed by atoms with Gasteiger partial charge >= 0.3 is 0 Å². The number of carbonyl (C=O) groups is 1. The number of carbonyl (C=O) groups excluding carboxylic acids is 1. The summed E-state index contributed by atoms with van der Waals surface area (Å²) in [5.41, 5.74) is 3.46. The van der Waals surface area contributed by atoms with Gasteiger partial charge < -0.3 is 15.0 Å². The van der Waals surface area contributed by atoms with Crippen molar-refractivity contribution in [3.63, 3.8) is 0 Å². The predicted molar refractivity (Wildman–Crippen MR) is 132 cm³/mol. The molecule has 0 amide bonds. The molecule has 1 aliphatic heterocycles. The molecule has 0 radical (unpaired) electrons. The van der Waals surface area contributed by atoms with Crippen LogP contribution < -0.4 is 10.1 Å². The van der Waals surface area contributed by atoms with Crippen LogP contribution in [-0.2, 0) is 11.2 Å². The van der Waals surface area contributed by atoms with Crippen LogP contribution in [0.2, 0.25) is 0 Å². The van der Waals surface area contributed by atoms with E-state index >= 15 is 0 Å². The second-order valence-electron chi connectivity index (χ2n) is 8.71. The van der Waals surface area contributed by atoms with E-state index < -0.39 is 0 Å². The molecule has 4 aromatic rings. The minimum Gasteiger partial charge on any atom is -0.494 e. The molecular weight excluding hydrogens is 428 g/mol. The van der Waals surface area contributed by atoms with Gasteiger partial charge in [-0.15, -0.1) is 0 Å². The Labute approximate surface area is 198 Å². The van der Waals surface area contributed by atoms with E-state index in [1.54, 1.807) is 12.4 Å². The number of rotatable bonds is 8. The van der Waals surface area contributed by atoms with Crippen LogP contribution in [0.25, 0.3) is 22.3 Å². The molecule has 174 valence electrons. The first-order valence-corrected chi connectivity index (χ1v) is 11.6. The van der Waals surface area contributed by atoms with Gasteiger partial charge in [-0.1, -0.05) is 18.2 Å². The van der Waals surface area contributed by atoms with Gasteiger partial charge in [-0.3, -0.25) is 9.89 Å². The Morgan fingerprint density at radius 1 is 1.24 bits per heavy atom. The zero-order chi connectivity index (χ0) is 23.5. The summed E-state index contributed by atoms with van der Waals surface area (Å²) in [6, 6.07) is 13.8. The number of anilines is 2. The summed E-state index contributed by atoms with van der Waals surface area (Å²) in [6.45, 7) is 4.37. The summed E-state index contributed by atoms with van der Waals surface area (Å²) in [5, 5.41) is 11.0. The molecular formula is C26H28N6O2. The molecule has 0 saturated carbocycles. The van der Waals surface area contributed by atoms with Crippen molar-refractivity contribution in [1.29, 1.82) is 0 Å². The van der Waals surface area contributed by atoms with Crippen molar-refractivity contribution < 1.29 is 9.53 Å². The maximum atomic E-state index is 12.8. The molecule has 34 heavy (non-hydrogen) atoms. The highest BCUT2D eigenvalue weighted by Crippen LogP contribution is 2.30. The van der Waals surface area contributed by atoms with Gasteiger partial charge in [0.25, 0.3) is 0 Å². The summed E-state index contributed by atoms with van der Waals surface area (Å²) in [5.74, 6) is 2.44. The Morgan fingerprint density at radius 2 is 2.15 bits per heavy atom. The molecule has 8 heteroatoms. The van der Waals surface area contributed by atoms with Crippen LogP contribution >= 0.6 is 0 Å². The number of aromatic nitrogens is 4. The lowest BCUT2D eigenvalue weighted by Gasteiger charge is -2.13. The van der Waals surface area contributed by atoms with E-state index in [1.807, 2.05) is 49.4 Å². The topological polar surface area (TPSA) is 96.0 Å². The van der Waals surface area contributed by atoms with Crippen molar-refractivity contribution in [3.05, 3.63) is 60.4 Å². The Bertz CT molecular complexity index is 1300. The number of ketones is 1. The Balaban J connectivity index is 1.48. The van der Waals surface area contributed by atoms with Crippen LogP contribution in [0.1, 0.15) is 18.9 Å². The first kappa shape index (κ1) is 22.0. The second kappa shape index (κ2) is 9.61. The predicted octanol–water partition coefficient (Wildman–Crippen LogP) is 4.23. The monoisotopic (exact) mass is 456 g/mol. The fourth-order valence-electron chi connectivity index (χ4n) is 4.41. The fraction of sp³-hybridized carbons (Fsp3) is 0.308. The van der Waals surface area contributed by atoms with E-state index in [4.69, 9.17) is 14.7 Å². The summed E-state index contributed by atoms with van der Waals surface area (Å²) in [4.78, 5) is 24.7. The van der Waals surface area contributed by atoms with Crippen molar-refractivity contribution in [1.82, 2.24) is 25.1 Å². The number of Topliss-reactive ketones (excluding diaryl/α,β-unsaturated/α-hetero) is 1. The van der Waals surface area contributed by atoms with Crippen molar-refractivity contribution in [2.75, 3.05) is 32.1 Å². The summed E-state index contributed by atoms with van der Waals surface area (Å²) < 4.78 is 5.68. The van der Waals surface area contributed by atoms with Crippen LogP contribution in [0.15, 0.2) is 54.9 Å². The molecule has 8 nitrogen and oxygen atoms in total. The van der Waals surface area contributed by atoms with Gasteiger partial charge in [0.15, 0.2) is 5.82 Å². The van der Waals surface area contributed by atoms with E-state index in [2.05, 4.69) is 27.5 Å². The third-order valence-corrected chi connectivity index (χ3v) is 6.15. The summed E-state index contributed by atoms with van der Waals surface area (Å²) >= 11 is 0. The smallest absolute Gasteiger partial charge is 0.162 e. The zero-order valence-corrected chi connectivity index (χ0v) is 19.4. The minimum absolute atomic E-state index is 0.121. The molecule has 5 rings (SSSR count). The van der Waals surface area contributed by atoms with Gasteiger partial charge in [0.05, 0.1) is 24.0 Å². The molecule has 2 aromatic carbocycles. The normalized spacial score (nSPS) is 16.1. The van der Waals surface area contributed by atoms with Gasteiger partial charge in [0.1, 0.15) is 17.4 Å². The first-order valence-electron chi connectivity index (χ1n) is 11.6. The number of hydrogen-bond acceptors (Lipinski definition) is 7. The lowest BCUT2D eigenvalue weighted by Crippen LogP contribution is -2.21. The van der Waals surface area contributed by atoms with Crippen molar-refractivity contribution in [3.8, 4) is 17.1 Å². The highest BCUT2D eigenvalue weighted by molar-refractivity contribution is 5.93. The summed E-state index contributed by atoms with van der Waals surface area (Å²) in [7, 11) is 2.07. The van der Waals surface area contributed by atoms with Crippen LogP contribution in [-0.4, -0.2) is 57.6 Å². The van der Waals surface area contributed by atoms with Crippen molar-refractivity contribution >= 4 is 28.2 Å². The number of benzene rings is 2. The molecule has 1 fully saturated rings. The largest absolute Gasteiger partial charge is 0.494 e. The number of fused-ring (bicyclic) bond motifs is 1. The molecule has 3 heterocycles. The van der Waals surface area contributed by atoms with Crippen LogP contribution in [0, 0.1) is 5.92 Å². The molecule has 0 aliphatic carbocycles. The van der Waals surface area contributed by atoms with E-state index in [1.165, 1.54) is 0 Å². The minimum atomic E-state index is 0.121. The van der Waals surface area contributed by atoms with Crippen molar-refractivity contribution in [2.45, 2.75) is 19.8 Å². The van der Waals surface area contributed by atoms with E-state index in [0.29, 0.717) is 30.5 Å². The fourth-order valence-corrected chi connectivity index (χ4v) is 4.41. The number of nitrogens with one attached hydrogen (secondary N) is 2. The maximum absolute atomic E-state index is 12.8. The molecule has 1 saturated heterocycles. The molecule has 0 spiro atoms. The van der Waals surface area contributed by atoms with E-state index in [0.717, 1.165) is 53.0 Å². The number of H-pyrrole nitrogens is 1. The Hall–Kier alpha value is -3.78. The Morgan fingerprint density at radius 3 is 2.91 bits per heavy atom. The van der Waals surface area contributed by atoms with Gasteiger partial charge in [0, 0.05) is 36.0 Å². The number of ether oxygens (including phenoxy) is 1.